The lowest BCUT2D eigenvalue weighted by molar-refractivity contribution is 0.112. The number of para-hydroxylation sites is 1. The van der Waals surface area contributed by atoms with Gasteiger partial charge in [-0.25, -0.2) is 0 Å². The van der Waals surface area contributed by atoms with Crippen LogP contribution in [0.5, 0.6) is 0 Å². The van der Waals surface area contributed by atoms with Crippen LogP contribution in [-0.2, 0) is 0 Å². The van der Waals surface area contributed by atoms with E-state index in [4.69, 9.17) is 5.73 Å². The molecule has 0 aliphatic rings. The fourth-order valence-electron chi connectivity index (χ4n) is 2.50. The molecule has 3 N–H and O–H groups in total. The molecule has 0 unspecified atom stereocenters. The standard InChI is InChI=1S/C19H17N3O/c1-13-19(20)18(10-11-21-13)22-17-9-5-4-8-16(17)15-7-3-2-6-14(15)12-23/h2-12H,20H2,1H3,(H,21,22). The number of aromatic nitrogens is 1. The second-order valence-corrected chi connectivity index (χ2v) is 5.23. The SMILES string of the molecule is Cc1nccc(Nc2ccccc2-c2ccccc2C=O)c1N. The molecule has 0 saturated carbocycles. The van der Waals surface area contributed by atoms with Gasteiger partial charge in [0.25, 0.3) is 0 Å². The molecule has 3 rings (SSSR count). The van der Waals surface area contributed by atoms with E-state index in [1.807, 2.05) is 61.5 Å². The predicted octanol–water partition coefficient (Wildman–Crippen LogP) is 4.20. The Bertz CT molecular complexity index is 859. The molecule has 0 bridgehead atoms. The molecule has 0 spiro atoms. The summed E-state index contributed by atoms with van der Waals surface area (Å²) in [4.78, 5) is 15.5. The molecule has 0 aliphatic heterocycles. The van der Waals surface area contributed by atoms with Crippen molar-refractivity contribution in [3.8, 4) is 11.1 Å². The zero-order valence-electron chi connectivity index (χ0n) is 12.8. The average Bonchev–Trinajstić information content (AvgIpc) is 2.59. The average molecular weight is 303 g/mol. The number of nitrogen functional groups attached to an aromatic ring is 1. The van der Waals surface area contributed by atoms with Crippen molar-refractivity contribution in [1.82, 2.24) is 4.98 Å². The zero-order chi connectivity index (χ0) is 16.2. The van der Waals surface area contributed by atoms with Crippen molar-refractivity contribution in [1.29, 1.82) is 0 Å². The molecule has 23 heavy (non-hydrogen) atoms. The number of aryl methyl sites for hydroxylation is 1. The van der Waals surface area contributed by atoms with Gasteiger partial charge in [0.15, 0.2) is 6.29 Å². The molecule has 1 aromatic heterocycles. The predicted molar refractivity (Wildman–Crippen MR) is 93.9 cm³/mol. The third kappa shape index (κ3) is 2.92. The van der Waals surface area contributed by atoms with Crippen LogP contribution in [0.4, 0.5) is 17.1 Å². The quantitative estimate of drug-likeness (QED) is 0.709. The van der Waals surface area contributed by atoms with Crippen LogP contribution in [0, 0.1) is 6.92 Å². The molecule has 0 saturated heterocycles. The summed E-state index contributed by atoms with van der Waals surface area (Å²) in [6, 6.07) is 17.2. The van der Waals surface area contributed by atoms with Gasteiger partial charge in [-0.15, -0.1) is 0 Å². The fraction of sp³-hybridized carbons (Fsp3) is 0.0526. The van der Waals surface area contributed by atoms with Crippen molar-refractivity contribution in [2.75, 3.05) is 11.1 Å². The highest BCUT2D eigenvalue weighted by atomic mass is 16.1. The van der Waals surface area contributed by atoms with E-state index < -0.39 is 0 Å². The Morgan fingerprint density at radius 2 is 1.65 bits per heavy atom. The Kier molecular flexibility index (Phi) is 4.06. The van der Waals surface area contributed by atoms with Gasteiger partial charge in [-0.05, 0) is 24.6 Å². The summed E-state index contributed by atoms with van der Waals surface area (Å²) in [5, 5.41) is 3.35. The van der Waals surface area contributed by atoms with E-state index in [9.17, 15) is 4.79 Å². The van der Waals surface area contributed by atoms with Crippen LogP contribution in [0.1, 0.15) is 16.1 Å². The van der Waals surface area contributed by atoms with Crippen molar-refractivity contribution >= 4 is 23.3 Å². The highest BCUT2D eigenvalue weighted by Crippen LogP contribution is 2.33. The summed E-state index contributed by atoms with van der Waals surface area (Å²) in [5.74, 6) is 0. The van der Waals surface area contributed by atoms with Crippen LogP contribution in [0.25, 0.3) is 11.1 Å². The summed E-state index contributed by atoms with van der Waals surface area (Å²) in [6.07, 6.45) is 2.59. The van der Waals surface area contributed by atoms with Crippen molar-refractivity contribution in [2.45, 2.75) is 6.92 Å². The highest BCUT2D eigenvalue weighted by Gasteiger charge is 2.10. The van der Waals surface area contributed by atoms with Gasteiger partial charge in [-0.1, -0.05) is 42.5 Å². The largest absolute Gasteiger partial charge is 0.396 e. The molecule has 4 heteroatoms. The van der Waals surface area contributed by atoms with Crippen molar-refractivity contribution < 1.29 is 4.79 Å². The molecular formula is C19H17N3O. The Morgan fingerprint density at radius 1 is 0.957 bits per heavy atom. The molecule has 0 radical (unpaired) electrons. The van der Waals surface area contributed by atoms with Crippen LogP contribution >= 0.6 is 0 Å². The number of nitrogens with two attached hydrogens (primary N) is 1. The first kappa shape index (κ1) is 14.8. The van der Waals surface area contributed by atoms with Gasteiger partial charge in [-0.2, -0.15) is 0 Å². The van der Waals surface area contributed by atoms with Crippen LogP contribution in [0.3, 0.4) is 0 Å². The first-order valence-corrected chi connectivity index (χ1v) is 7.32. The number of carbonyl (C=O) groups is 1. The summed E-state index contributed by atoms with van der Waals surface area (Å²) in [5.41, 5.74) is 11.7. The lowest BCUT2D eigenvalue weighted by atomic mass is 9.98. The van der Waals surface area contributed by atoms with E-state index in [0.29, 0.717) is 11.3 Å². The zero-order valence-corrected chi connectivity index (χ0v) is 12.8. The molecule has 4 nitrogen and oxygen atoms in total. The Balaban J connectivity index is 2.08. The van der Waals surface area contributed by atoms with Gasteiger partial charge in [0.1, 0.15) is 0 Å². The van der Waals surface area contributed by atoms with Gasteiger partial charge >= 0.3 is 0 Å². The van der Waals surface area contributed by atoms with E-state index in [2.05, 4.69) is 10.3 Å². The van der Waals surface area contributed by atoms with Crippen LogP contribution in [0.2, 0.25) is 0 Å². The molecule has 0 amide bonds. The number of nitrogens with zero attached hydrogens (tertiary/aromatic N) is 1. The number of hydrogen-bond donors (Lipinski definition) is 2. The summed E-state index contributed by atoms with van der Waals surface area (Å²) >= 11 is 0. The fourth-order valence-corrected chi connectivity index (χ4v) is 2.50. The number of nitrogens with one attached hydrogen (secondary N) is 1. The Labute approximate surface area is 135 Å². The molecule has 0 fully saturated rings. The summed E-state index contributed by atoms with van der Waals surface area (Å²) in [7, 11) is 0. The number of aldehydes is 1. The normalized spacial score (nSPS) is 10.3. The Hall–Kier alpha value is -3.14. The van der Waals surface area contributed by atoms with Gasteiger partial charge in [0.05, 0.1) is 17.1 Å². The molecular weight excluding hydrogens is 286 g/mol. The maximum absolute atomic E-state index is 11.3. The topological polar surface area (TPSA) is 68.0 Å². The van der Waals surface area contributed by atoms with Crippen molar-refractivity contribution in [2.24, 2.45) is 0 Å². The van der Waals surface area contributed by atoms with E-state index in [-0.39, 0.29) is 0 Å². The third-order valence-electron chi connectivity index (χ3n) is 3.76. The van der Waals surface area contributed by atoms with E-state index in [1.54, 1.807) is 6.20 Å². The summed E-state index contributed by atoms with van der Waals surface area (Å²) < 4.78 is 0. The monoisotopic (exact) mass is 303 g/mol. The van der Waals surface area contributed by atoms with Crippen LogP contribution in [-0.4, -0.2) is 11.3 Å². The van der Waals surface area contributed by atoms with Gasteiger partial charge in [0, 0.05) is 23.0 Å². The highest BCUT2D eigenvalue weighted by molar-refractivity contribution is 5.93. The number of anilines is 3. The van der Waals surface area contributed by atoms with Gasteiger partial charge < -0.3 is 11.1 Å². The number of benzene rings is 2. The second kappa shape index (κ2) is 6.32. The Morgan fingerprint density at radius 3 is 2.43 bits per heavy atom. The van der Waals surface area contributed by atoms with E-state index in [1.165, 1.54) is 0 Å². The number of carbonyl (C=O) groups excluding carboxylic acids is 1. The van der Waals surface area contributed by atoms with E-state index >= 15 is 0 Å². The van der Waals surface area contributed by atoms with Crippen molar-refractivity contribution in [3.05, 3.63) is 72.1 Å². The third-order valence-corrected chi connectivity index (χ3v) is 3.76. The number of hydrogen-bond acceptors (Lipinski definition) is 4. The van der Waals surface area contributed by atoms with Crippen LogP contribution in [0.15, 0.2) is 60.8 Å². The smallest absolute Gasteiger partial charge is 0.150 e. The lowest BCUT2D eigenvalue weighted by Crippen LogP contribution is -2.01. The minimum Gasteiger partial charge on any atom is -0.396 e. The van der Waals surface area contributed by atoms with Crippen LogP contribution < -0.4 is 11.1 Å². The minimum atomic E-state index is 0.617. The lowest BCUT2D eigenvalue weighted by Gasteiger charge is -2.15. The molecule has 3 aromatic rings. The molecule has 1 heterocycles. The van der Waals surface area contributed by atoms with Gasteiger partial charge in [0.2, 0.25) is 0 Å². The molecule has 0 aliphatic carbocycles. The first-order valence-electron chi connectivity index (χ1n) is 7.32. The number of pyridine rings is 1. The minimum absolute atomic E-state index is 0.617. The van der Waals surface area contributed by atoms with Gasteiger partial charge in [-0.3, -0.25) is 9.78 Å². The maximum Gasteiger partial charge on any atom is 0.150 e. The molecule has 0 atom stereocenters. The maximum atomic E-state index is 11.3. The molecule has 114 valence electrons. The first-order chi connectivity index (χ1) is 11.2. The van der Waals surface area contributed by atoms with E-state index in [0.717, 1.165) is 34.5 Å². The second-order valence-electron chi connectivity index (χ2n) is 5.23. The molecule has 2 aromatic carbocycles. The van der Waals surface area contributed by atoms with Crippen molar-refractivity contribution in [3.63, 3.8) is 0 Å². The summed E-state index contributed by atoms with van der Waals surface area (Å²) in [6.45, 7) is 1.87. The number of rotatable bonds is 4.